The molecule has 2 amide bonds. The van der Waals surface area contributed by atoms with Gasteiger partial charge in [0.25, 0.3) is 11.8 Å². The Labute approximate surface area is 138 Å². The summed E-state index contributed by atoms with van der Waals surface area (Å²) in [5.74, 6) is -0.00574. The standard InChI is InChI=1S/C16H18N2O4S/c1-10(9-19)17-15(20)11-3-5-12(6-4-11)18-16(21)14-13(22-2)7-8-23-14/h3-8,10,19H,9H2,1-2H3,(H,17,20)(H,18,21)/t10-/m1/s1. The Kier molecular flexibility index (Phi) is 5.72. The van der Waals surface area contributed by atoms with Crippen molar-refractivity contribution in [1.82, 2.24) is 5.32 Å². The predicted octanol–water partition coefficient (Wildman–Crippen LogP) is 2.12. The number of methoxy groups -OCH3 is 1. The third kappa shape index (κ3) is 4.30. The summed E-state index contributed by atoms with van der Waals surface area (Å²) in [6.07, 6.45) is 0. The number of benzene rings is 1. The molecule has 0 saturated heterocycles. The second-order valence-electron chi connectivity index (χ2n) is 4.91. The van der Waals surface area contributed by atoms with E-state index in [0.29, 0.717) is 21.9 Å². The molecular formula is C16H18N2O4S. The Morgan fingerprint density at radius 3 is 2.52 bits per heavy atom. The van der Waals surface area contributed by atoms with Crippen LogP contribution in [-0.4, -0.2) is 36.7 Å². The van der Waals surface area contributed by atoms with Gasteiger partial charge in [-0.25, -0.2) is 0 Å². The molecule has 0 fully saturated rings. The van der Waals surface area contributed by atoms with Crippen LogP contribution in [0.3, 0.4) is 0 Å². The highest BCUT2D eigenvalue weighted by atomic mass is 32.1. The van der Waals surface area contributed by atoms with Gasteiger partial charge in [-0.3, -0.25) is 9.59 Å². The van der Waals surface area contributed by atoms with E-state index < -0.39 is 0 Å². The van der Waals surface area contributed by atoms with Crippen molar-refractivity contribution in [1.29, 1.82) is 0 Å². The van der Waals surface area contributed by atoms with Crippen LogP contribution in [0.1, 0.15) is 27.0 Å². The Hall–Kier alpha value is -2.38. The SMILES string of the molecule is COc1ccsc1C(=O)Nc1ccc(C(=O)N[C@H](C)CO)cc1. The average Bonchev–Trinajstić information content (AvgIpc) is 3.04. The van der Waals surface area contributed by atoms with Crippen molar-refractivity contribution >= 4 is 28.8 Å². The van der Waals surface area contributed by atoms with Crippen LogP contribution in [0.5, 0.6) is 5.75 Å². The van der Waals surface area contributed by atoms with Crippen molar-refractivity contribution < 1.29 is 19.4 Å². The molecule has 23 heavy (non-hydrogen) atoms. The van der Waals surface area contributed by atoms with Gasteiger partial charge in [0.05, 0.1) is 13.7 Å². The van der Waals surface area contributed by atoms with Crippen LogP contribution < -0.4 is 15.4 Å². The lowest BCUT2D eigenvalue weighted by molar-refractivity contribution is 0.0922. The molecule has 0 aliphatic heterocycles. The number of carbonyl (C=O) groups is 2. The van der Waals surface area contributed by atoms with Gasteiger partial charge in [0.2, 0.25) is 0 Å². The molecule has 1 aromatic carbocycles. The summed E-state index contributed by atoms with van der Waals surface area (Å²) in [7, 11) is 1.51. The van der Waals surface area contributed by atoms with Crippen molar-refractivity contribution in [2.75, 3.05) is 19.0 Å². The first-order chi connectivity index (χ1) is 11.0. The fourth-order valence-corrected chi connectivity index (χ4v) is 2.62. The Morgan fingerprint density at radius 2 is 1.91 bits per heavy atom. The van der Waals surface area contributed by atoms with Crippen LogP contribution in [0.2, 0.25) is 0 Å². The largest absolute Gasteiger partial charge is 0.495 e. The molecule has 2 rings (SSSR count). The van der Waals surface area contributed by atoms with Crippen LogP contribution >= 0.6 is 11.3 Å². The second-order valence-corrected chi connectivity index (χ2v) is 5.82. The van der Waals surface area contributed by atoms with E-state index in [1.165, 1.54) is 18.4 Å². The molecule has 2 aromatic rings. The van der Waals surface area contributed by atoms with Crippen molar-refractivity contribution in [3.63, 3.8) is 0 Å². The van der Waals surface area contributed by atoms with Crippen LogP contribution in [-0.2, 0) is 0 Å². The van der Waals surface area contributed by atoms with E-state index in [1.807, 2.05) is 0 Å². The lowest BCUT2D eigenvalue weighted by Gasteiger charge is -2.11. The molecule has 0 unspecified atom stereocenters. The second kappa shape index (κ2) is 7.75. The lowest BCUT2D eigenvalue weighted by Crippen LogP contribution is -2.34. The maximum absolute atomic E-state index is 12.2. The van der Waals surface area contributed by atoms with Crippen molar-refractivity contribution in [3.8, 4) is 5.75 Å². The maximum atomic E-state index is 12.2. The topological polar surface area (TPSA) is 87.7 Å². The minimum Gasteiger partial charge on any atom is -0.495 e. The number of thiophene rings is 1. The monoisotopic (exact) mass is 334 g/mol. The highest BCUT2D eigenvalue weighted by molar-refractivity contribution is 7.12. The van der Waals surface area contributed by atoms with Crippen LogP contribution in [0.25, 0.3) is 0 Å². The third-order valence-electron chi connectivity index (χ3n) is 3.11. The van der Waals surface area contributed by atoms with Gasteiger partial charge >= 0.3 is 0 Å². The molecule has 3 N–H and O–H groups in total. The van der Waals surface area contributed by atoms with Gasteiger partial charge in [-0.15, -0.1) is 11.3 Å². The fraction of sp³-hybridized carbons (Fsp3) is 0.250. The van der Waals surface area contributed by atoms with Gasteiger partial charge < -0.3 is 20.5 Å². The third-order valence-corrected chi connectivity index (χ3v) is 4.01. The number of ether oxygens (including phenoxy) is 1. The van der Waals surface area contributed by atoms with E-state index in [-0.39, 0.29) is 24.5 Å². The number of hydrogen-bond acceptors (Lipinski definition) is 5. The Morgan fingerprint density at radius 1 is 1.22 bits per heavy atom. The van der Waals surface area contributed by atoms with Gasteiger partial charge in [0.15, 0.2) is 0 Å². The molecule has 0 aliphatic carbocycles. The van der Waals surface area contributed by atoms with Gasteiger partial charge in [-0.1, -0.05) is 0 Å². The average molecular weight is 334 g/mol. The number of aliphatic hydroxyl groups is 1. The number of rotatable bonds is 6. The minimum atomic E-state index is -0.312. The quantitative estimate of drug-likeness (QED) is 0.755. The number of anilines is 1. The highest BCUT2D eigenvalue weighted by Crippen LogP contribution is 2.25. The highest BCUT2D eigenvalue weighted by Gasteiger charge is 2.14. The number of carbonyl (C=O) groups excluding carboxylic acids is 2. The summed E-state index contributed by atoms with van der Waals surface area (Å²) in [5, 5.41) is 16.1. The lowest BCUT2D eigenvalue weighted by atomic mass is 10.2. The molecule has 1 heterocycles. The molecule has 1 aromatic heterocycles. The number of aliphatic hydroxyl groups excluding tert-OH is 1. The van der Waals surface area contributed by atoms with Gasteiger partial charge in [0, 0.05) is 17.3 Å². The summed E-state index contributed by atoms with van der Waals surface area (Å²) in [4.78, 5) is 24.6. The van der Waals surface area contributed by atoms with E-state index in [2.05, 4.69) is 10.6 Å². The van der Waals surface area contributed by atoms with E-state index in [0.717, 1.165) is 0 Å². The molecule has 7 heteroatoms. The van der Waals surface area contributed by atoms with E-state index in [9.17, 15) is 9.59 Å². The zero-order valence-corrected chi connectivity index (χ0v) is 13.6. The molecule has 0 bridgehead atoms. The van der Waals surface area contributed by atoms with Crippen LogP contribution in [0.4, 0.5) is 5.69 Å². The molecule has 0 spiro atoms. The number of nitrogens with one attached hydrogen (secondary N) is 2. The maximum Gasteiger partial charge on any atom is 0.269 e. The number of amides is 2. The van der Waals surface area contributed by atoms with Gasteiger partial charge in [0.1, 0.15) is 10.6 Å². The van der Waals surface area contributed by atoms with Gasteiger partial charge in [-0.05, 0) is 42.6 Å². The zero-order chi connectivity index (χ0) is 16.8. The first-order valence-electron chi connectivity index (χ1n) is 6.99. The molecule has 1 atom stereocenters. The van der Waals surface area contributed by atoms with Crippen molar-refractivity contribution in [2.24, 2.45) is 0 Å². The summed E-state index contributed by atoms with van der Waals surface area (Å²) in [5.41, 5.74) is 1.04. The van der Waals surface area contributed by atoms with Gasteiger partial charge in [-0.2, -0.15) is 0 Å². The first kappa shape index (κ1) is 17.0. The summed E-state index contributed by atoms with van der Waals surface area (Å²) >= 11 is 1.29. The zero-order valence-electron chi connectivity index (χ0n) is 12.8. The summed E-state index contributed by atoms with van der Waals surface area (Å²) < 4.78 is 5.12. The normalized spacial score (nSPS) is 11.6. The Bertz CT molecular complexity index is 682. The summed E-state index contributed by atoms with van der Waals surface area (Å²) in [6, 6.07) is 7.94. The summed E-state index contributed by atoms with van der Waals surface area (Å²) in [6.45, 7) is 1.59. The van der Waals surface area contributed by atoms with Crippen LogP contribution in [0.15, 0.2) is 35.7 Å². The molecule has 0 radical (unpaired) electrons. The van der Waals surface area contributed by atoms with E-state index >= 15 is 0 Å². The van der Waals surface area contributed by atoms with Crippen molar-refractivity contribution in [2.45, 2.75) is 13.0 Å². The fourth-order valence-electron chi connectivity index (χ4n) is 1.87. The minimum absolute atomic E-state index is 0.122. The van der Waals surface area contributed by atoms with E-state index in [1.54, 1.807) is 42.6 Å². The van der Waals surface area contributed by atoms with Crippen molar-refractivity contribution in [3.05, 3.63) is 46.2 Å². The van der Waals surface area contributed by atoms with E-state index in [4.69, 9.17) is 9.84 Å². The smallest absolute Gasteiger partial charge is 0.269 e. The molecule has 6 nitrogen and oxygen atoms in total. The van der Waals surface area contributed by atoms with Crippen LogP contribution in [0, 0.1) is 0 Å². The number of hydrogen-bond donors (Lipinski definition) is 3. The molecule has 0 aliphatic rings. The first-order valence-corrected chi connectivity index (χ1v) is 7.87. The molecule has 0 saturated carbocycles. The molecular weight excluding hydrogens is 316 g/mol. The molecule has 122 valence electrons. The Balaban J connectivity index is 2.02. The predicted molar refractivity (Wildman–Crippen MR) is 89.3 cm³/mol.